The quantitative estimate of drug-likeness (QED) is 0.679. The second kappa shape index (κ2) is 5.16. The average molecular weight is 280 g/mol. The van der Waals surface area contributed by atoms with Gasteiger partial charge in [-0.05, 0) is 31.2 Å². The molecular formula is C13H10ClNO4. The molecule has 0 aliphatic carbocycles. The van der Waals surface area contributed by atoms with Crippen molar-refractivity contribution < 1.29 is 14.8 Å². The minimum Gasteiger partial charge on any atom is -0.508 e. The molecule has 0 amide bonds. The molecule has 0 aliphatic heterocycles. The number of aromatic hydroxyl groups is 1. The molecule has 5 nitrogen and oxygen atoms in total. The summed E-state index contributed by atoms with van der Waals surface area (Å²) >= 11 is 5.79. The number of benzene rings is 2. The zero-order chi connectivity index (χ0) is 14.0. The van der Waals surface area contributed by atoms with Crippen molar-refractivity contribution in [2.75, 3.05) is 0 Å². The summed E-state index contributed by atoms with van der Waals surface area (Å²) in [6, 6.07) is 9.14. The molecular weight excluding hydrogens is 270 g/mol. The van der Waals surface area contributed by atoms with E-state index >= 15 is 0 Å². The number of phenolic OH excluding ortho intramolecular Hbond substituents is 1. The van der Waals surface area contributed by atoms with E-state index in [2.05, 4.69) is 0 Å². The molecule has 0 atom stereocenters. The topological polar surface area (TPSA) is 72.6 Å². The van der Waals surface area contributed by atoms with Gasteiger partial charge in [0.15, 0.2) is 0 Å². The van der Waals surface area contributed by atoms with E-state index in [0.717, 1.165) is 0 Å². The van der Waals surface area contributed by atoms with Gasteiger partial charge in [-0.25, -0.2) is 0 Å². The lowest BCUT2D eigenvalue weighted by Crippen LogP contribution is -1.95. The van der Waals surface area contributed by atoms with Gasteiger partial charge in [-0.2, -0.15) is 0 Å². The van der Waals surface area contributed by atoms with Gasteiger partial charge < -0.3 is 9.84 Å². The lowest BCUT2D eigenvalue weighted by atomic mass is 10.2. The standard InChI is InChI=1S/C13H10ClNO4/c1-8-10(16)5-3-6-11(8)19-12-7-2-4-9(14)13(12)15(17)18/h2-7,16H,1H3. The van der Waals surface area contributed by atoms with Crippen LogP contribution in [0.2, 0.25) is 5.02 Å². The van der Waals surface area contributed by atoms with Crippen molar-refractivity contribution in [2.45, 2.75) is 6.92 Å². The molecule has 19 heavy (non-hydrogen) atoms. The summed E-state index contributed by atoms with van der Waals surface area (Å²) in [4.78, 5) is 10.4. The molecule has 0 aliphatic rings. The highest BCUT2D eigenvalue weighted by Gasteiger charge is 2.21. The zero-order valence-corrected chi connectivity index (χ0v) is 10.7. The lowest BCUT2D eigenvalue weighted by molar-refractivity contribution is -0.385. The molecule has 0 saturated carbocycles. The number of halogens is 1. The summed E-state index contributed by atoms with van der Waals surface area (Å²) in [5, 5.41) is 20.5. The van der Waals surface area contributed by atoms with E-state index in [-0.39, 0.29) is 22.2 Å². The highest BCUT2D eigenvalue weighted by Crippen LogP contribution is 2.38. The first-order valence-electron chi connectivity index (χ1n) is 5.40. The van der Waals surface area contributed by atoms with Gasteiger partial charge in [0, 0.05) is 5.56 Å². The van der Waals surface area contributed by atoms with E-state index < -0.39 is 4.92 Å². The number of nitro benzene ring substituents is 1. The Morgan fingerprint density at radius 1 is 1.21 bits per heavy atom. The fourth-order valence-electron chi connectivity index (χ4n) is 1.59. The summed E-state index contributed by atoms with van der Waals surface area (Å²) in [5.74, 6) is 0.429. The second-order valence-electron chi connectivity index (χ2n) is 3.85. The van der Waals surface area contributed by atoms with Crippen molar-refractivity contribution in [3.63, 3.8) is 0 Å². The third-order valence-corrected chi connectivity index (χ3v) is 2.91. The van der Waals surface area contributed by atoms with Gasteiger partial charge in [-0.15, -0.1) is 0 Å². The predicted octanol–water partition coefficient (Wildman–Crippen LogP) is 4.05. The van der Waals surface area contributed by atoms with Crippen molar-refractivity contribution in [1.29, 1.82) is 0 Å². The lowest BCUT2D eigenvalue weighted by Gasteiger charge is -2.10. The number of nitrogens with zero attached hydrogens (tertiary/aromatic N) is 1. The fourth-order valence-corrected chi connectivity index (χ4v) is 1.82. The Morgan fingerprint density at radius 3 is 2.53 bits per heavy atom. The summed E-state index contributed by atoms with van der Waals surface area (Å²) in [6.07, 6.45) is 0. The van der Waals surface area contributed by atoms with Crippen molar-refractivity contribution >= 4 is 17.3 Å². The smallest absolute Gasteiger partial charge is 0.329 e. The molecule has 2 aromatic carbocycles. The summed E-state index contributed by atoms with van der Waals surface area (Å²) in [7, 11) is 0. The predicted molar refractivity (Wildman–Crippen MR) is 71.0 cm³/mol. The summed E-state index contributed by atoms with van der Waals surface area (Å²) in [6.45, 7) is 1.65. The van der Waals surface area contributed by atoms with E-state index in [1.165, 1.54) is 18.2 Å². The van der Waals surface area contributed by atoms with E-state index in [1.54, 1.807) is 25.1 Å². The third kappa shape index (κ3) is 2.61. The Bertz CT molecular complexity index is 643. The van der Waals surface area contributed by atoms with Crippen molar-refractivity contribution in [3.8, 4) is 17.2 Å². The zero-order valence-electron chi connectivity index (χ0n) is 9.96. The number of ether oxygens (including phenoxy) is 1. The Balaban J connectivity index is 2.47. The Hall–Kier alpha value is -2.27. The monoisotopic (exact) mass is 279 g/mol. The molecule has 2 rings (SSSR count). The van der Waals surface area contributed by atoms with Gasteiger partial charge in [-0.3, -0.25) is 10.1 Å². The number of rotatable bonds is 3. The molecule has 0 radical (unpaired) electrons. The number of phenols is 1. The fraction of sp³-hybridized carbons (Fsp3) is 0.0769. The molecule has 0 spiro atoms. The van der Waals surface area contributed by atoms with E-state index in [1.807, 2.05) is 0 Å². The van der Waals surface area contributed by atoms with Crippen LogP contribution in [0.25, 0.3) is 0 Å². The molecule has 0 saturated heterocycles. The SMILES string of the molecule is Cc1c(O)cccc1Oc1cccc(Cl)c1[N+](=O)[O-]. The minimum atomic E-state index is -0.601. The largest absolute Gasteiger partial charge is 0.508 e. The maximum absolute atomic E-state index is 11.0. The first kappa shape index (κ1) is 13.2. The van der Waals surface area contributed by atoms with Crippen LogP contribution in [0, 0.1) is 17.0 Å². The normalized spacial score (nSPS) is 10.2. The van der Waals surface area contributed by atoms with Crippen LogP contribution in [0.4, 0.5) is 5.69 Å². The van der Waals surface area contributed by atoms with Crippen LogP contribution in [0.1, 0.15) is 5.56 Å². The van der Waals surface area contributed by atoms with Gasteiger partial charge in [0.1, 0.15) is 16.5 Å². The van der Waals surface area contributed by atoms with E-state index in [0.29, 0.717) is 11.3 Å². The second-order valence-corrected chi connectivity index (χ2v) is 4.25. The van der Waals surface area contributed by atoms with Crippen molar-refractivity contribution in [2.24, 2.45) is 0 Å². The van der Waals surface area contributed by atoms with Crippen LogP contribution in [-0.2, 0) is 0 Å². The first-order valence-corrected chi connectivity index (χ1v) is 5.78. The highest BCUT2D eigenvalue weighted by molar-refractivity contribution is 6.32. The molecule has 0 fully saturated rings. The number of hydrogen-bond acceptors (Lipinski definition) is 4. The van der Waals surface area contributed by atoms with Crippen LogP contribution >= 0.6 is 11.6 Å². The molecule has 2 aromatic rings. The number of nitro groups is 1. The Kier molecular flexibility index (Phi) is 3.57. The van der Waals surface area contributed by atoms with Gasteiger partial charge in [0.05, 0.1) is 4.92 Å². The van der Waals surface area contributed by atoms with Crippen LogP contribution < -0.4 is 4.74 Å². The molecule has 0 unspecified atom stereocenters. The van der Waals surface area contributed by atoms with E-state index in [4.69, 9.17) is 16.3 Å². The highest BCUT2D eigenvalue weighted by atomic mass is 35.5. The first-order chi connectivity index (χ1) is 9.00. The molecule has 0 heterocycles. The number of hydrogen-bond donors (Lipinski definition) is 1. The summed E-state index contributed by atoms with van der Waals surface area (Å²) < 4.78 is 5.48. The molecule has 0 bridgehead atoms. The molecule has 0 aromatic heterocycles. The van der Waals surface area contributed by atoms with Crippen LogP contribution in [0.3, 0.4) is 0 Å². The molecule has 6 heteroatoms. The van der Waals surface area contributed by atoms with Gasteiger partial charge in [0.25, 0.3) is 0 Å². The number of para-hydroxylation sites is 1. The van der Waals surface area contributed by atoms with Gasteiger partial charge >= 0.3 is 5.69 Å². The van der Waals surface area contributed by atoms with Crippen LogP contribution in [0.15, 0.2) is 36.4 Å². The van der Waals surface area contributed by atoms with Gasteiger partial charge in [0.2, 0.25) is 5.75 Å². The Labute approximate surface area is 114 Å². The van der Waals surface area contributed by atoms with Crippen molar-refractivity contribution in [1.82, 2.24) is 0 Å². The Morgan fingerprint density at radius 2 is 1.84 bits per heavy atom. The van der Waals surface area contributed by atoms with Crippen LogP contribution in [0.5, 0.6) is 17.2 Å². The molecule has 1 N–H and O–H groups in total. The minimum absolute atomic E-state index is 0.000283. The average Bonchev–Trinajstić information content (AvgIpc) is 2.34. The maximum Gasteiger partial charge on any atom is 0.329 e. The van der Waals surface area contributed by atoms with Gasteiger partial charge in [-0.1, -0.05) is 23.7 Å². The van der Waals surface area contributed by atoms with E-state index in [9.17, 15) is 15.2 Å². The summed E-state index contributed by atoms with van der Waals surface area (Å²) in [5.41, 5.74) is 0.198. The van der Waals surface area contributed by atoms with Crippen LogP contribution in [-0.4, -0.2) is 10.0 Å². The third-order valence-electron chi connectivity index (χ3n) is 2.61. The maximum atomic E-state index is 11.0. The molecule has 98 valence electrons. The van der Waals surface area contributed by atoms with Crippen molar-refractivity contribution in [3.05, 3.63) is 57.1 Å².